The molecule has 3 aromatic carbocycles. The highest BCUT2D eigenvalue weighted by Gasteiger charge is 2.17. The Morgan fingerprint density at radius 1 is 1.05 bits per heavy atom. The maximum Gasteiger partial charge on any atom is 0.273 e. The largest absolute Gasteiger partial charge is 0.497 e. The van der Waals surface area contributed by atoms with Crippen molar-refractivity contribution < 1.29 is 13.9 Å². The van der Waals surface area contributed by atoms with E-state index in [1.165, 1.54) is 4.57 Å². The summed E-state index contributed by atoms with van der Waals surface area (Å²) in [5, 5.41) is 13.3. The molecule has 1 amide bonds. The first-order valence-electron chi connectivity index (χ1n) is 11.7. The summed E-state index contributed by atoms with van der Waals surface area (Å²) in [6.45, 7) is 0. The predicted molar refractivity (Wildman–Crippen MR) is 153 cm³/mol. The number of methoxy groups -OCH3 is 1. The van der Waals surface area contributed by atoms with Crippen molar-refractivity contribution in [3.63, 3.8) is 0 Å². The number of carbonyl (C=O) groups is 1. The molecule has 0 atom stereocenters. The molecule has 0 aliphatic rings. The second-order valence-corrected chi connectivity index (χ2v) is 9.74. The van der Waals surface area contributed by atoms with Gasteiger partial charge in [-0.3, -0.25) is 14.2 Å². The van der Waals surface area contributed by atoms with Crippen molar-refractivity contribution in [2.45, 2.75) is 0 Å². The molecule has 0 radical (unpaired) electrons. The van der Waals surface area contributed by atoms with Crippen molar-refractivity contribution >= 4 is 46.2 Å². The first-order valence-corrected chi connectivity index (χ1v) is 12.9. The lowest BCUT2D eigenvalue weighted by Crippen LogP contribution is -2.32. The van der Waals surface area contributed by atoms with Crippen LogP contribution in [0.5, 0.6) is 5.75 Å². The fraction of sp³-hybridized carbons (Fsp3) is 0.0333. The molecule has 0 fully saturated rings. The Hall–Kier alpha value is -4.84. The van der Waals surface area contributed by atoms with Gasteiger partial charge in [0, 0.05) is 22.3 Å². The lowest BCUT2D eigenvalue weighted by molar-refractivity contribution is -0.111. The third-order valence-corrected chi connectivity index (χ3v) is 7.08. The van der Waals surface area contributed by atoms with Crippen molar-refractivity contribution in [3.8, 4) is 28.8 Å². The predicted octanol–water partition coefficient (Wildman–Crippen LogP) is 4.96. The average Bonchev–Trinajstić information content (AvgIpc) is 3.55. The quantitative estimate of drug-likeness (QED) is 0.320. The highest BCUT2D eigenvalue weighted by atomic mass is 35.5. The number of carbonyl (C=O) groups excluding carboxylic acids is 1. The molecule has 192 valence electrons. The number of nitriles is 1. The number of ether oxygens (including phenoxy) is 1. The second kappa shape index (κ2) is 11.3. The first-order chi connectivity index (χ1) is 19.0. The van der Waals surface area contributed by atoms with Gasteiger partial charge in [-0.15, -0.1) is 11.3 Å². The molecule has 0 bridgehead atoms. The lowest BCUT2D eigenvalue weighted by atomic mass is 10.2. The molecule has 5 aromatic rings. The number of benzene rings is 3. The number of amides is 1. The molecular weight excluding hydrogens is 534 g/mol. The van der Waals surface area contributed by atoms with Crippen LogP contribution in [0.15, 0.2) is 100 Å². The Labute approximate surface area is 232 Å². The Balaban J connectivity index is 1.63. The van der Waals surface area contributed by atoms with Gasteiger partial charge in [-0.05, 0) is 60.7 Å². The van der Waals surface area contributed by atoms with Gasteiger partial charge in [0.1, 0.15) is 28.0 Å². The third-order valence-electron chi connectivity index (χ3n) is 5.75. The Morgan fingerprint density at radius 2 is 1.82 bits per heavy atom. The van der Waals surface area contributed by atoms with Crippen molar-refractivity contribution in [2.75, 3.05) is 12.4 Å². The molecule has 0 unspecified atom stereocenters. The Bertz CT molecular complexity index is 1880. The molecule has 0 spiro atoms. The van der Waals surface area contributed by atoms with E-state index in [2.05, 4.69) is 5.32 Å². The summed E-state index contributed by atoms with van der Waals surface area (Å²) in [6.07, 6.45) is 1.60. The zero-order valence-corrected chi connectivity index (χ0v) is 22.1. The van der Waals surface area contributed by atoms with Crippen LogP contribution in [0.2, 0.25) is 5.02 Å². The summed E-state index contributed by atoms with van der Waals surface area (Å²) in [4.78, 5) is 26.8. The van der Waals surface area contributed by atoms with Gasteiger partial charge in [0.05, 0.1) is 17.3 Å². The molecule has 0 aliphatic heterocycles. The standard InChI is InChI=1S/C30H20ClN3O4S/c1-37-23-12-10-21(11-13-23)33-28(35)25(18-32)30-34(22-8-3-2-4-9-22)29(36)27(39-30)17-24-14-15-26(38-24)19-6-5-7-20(31)16-19/h2-17H,1H3,(H,33,35)/b27-17+,30-25-. The number of para-hydroxylation sites is 1. The number of rotatable bonds is 6. The van der Waals surface area contributed by atoms with Crippen LogP contribution in [-0.2, 0) is 4.79 Å². The minimum atomic E-state index is -0.638. The van der Waals surface area contributed by atoms with Crippen molar-refractivity contribution in [1.29, 1.82) is 5.26 Å². The highest BCUT2D eigenvalue weighted by Crippen LogP contribution is 2.25. The minimum absolute atomic E-state index is 0.199. The smallest absolute Gasteiger partial charge is 0.273 e. The van der Waals surface area contributed by atoms with E-state index in [0.717, 1.165) is 16.9 Å². The second-order valence-electron chi connectivity index (χ2n) is 8.27. The molecule has 0 aliphatic carbocycles. The molecular formula is C30H20ClN3O4S. The van der Waals surface area contributed by atoms with Crippen LogP contribution in [0.4, 0.5) is 5.69 Å². The molecule has 7 nitrogen and oxygen atoms in total. The summed E-state index contributed by atoms with van der Waals surface area (Å²) in [6, 6.07) is 28.3. The average molecular weight is 554 g/mol. The fourth-order valence-corrected chi connectivity index (χ4v) is 5.15. The van der Waals surface area contributed by atoms with Crippen molar-refractivity contribution in [3.05, 3.63) is 121 Å². The van der Waals surface area contributed by atoms with Crippen LogP contribution in [0.25, 0.3) is 28.7 Å². The van der Waals surface area contributed by atoms with Crippen molar-refractivity contribution in [2.24, 2.45) is 0 Å². The van der Waals surface area contributed by atoms with Gasteiger partial charge in [0.15, 0.2) is 5.57 Å². The number of nitrogens with zero attached hydrogens (tertiary/aromatic N) is 2. The fourth-order valence-electron chi connectivity index (χ4n) is 3.88. The van der Waals surface area contributed by atoms with E-state index < -0.39 is 5.91 Å². The summed E-state index contributed by atoms with van der Waals surface area (Å²) in [5.41, 5.74) is 1.22. The van der Waals surface area contributed by atoms with Crippen LogP contribution in [-0.4, -0.2) is 17.6 Å². The summed E-state index contributed by atoms with van der Waals surface area (Å²) >= 11 is 7.14. The zero-order valence-electron chi connectivity index (χ0n) is 20.6. The molecule has 0 saturated heterocycles. The number of hydrogen-bond donors (Lipinski definition) is 1. The number of furan rings is 1. The molecule has 2 aromatic heterocycles. The molecule has 5 rings (SSSR count). The number of anilines is 1. The van der Waals surface area contributed by atoms with Gasteiger partial charge in [0.2, 0.25) is 0 Å². The molecule has 9 heteroatoms. The number of hydrogen-bond acceptors (Lipinski definition) is 6. The van der Waals surface area contributed by atoms with E-state index in [-0.39, 0.29) is 15.8 Å². The van der Waals surface area contributed by atoms with E-state index in [4.69, 9.17) is 20.8 Å². The summed E-state index contributed by atoms with van der Waals surface area (Å²) in [7, 11) is 1.55. The van der Waals surface area contributed by atoms with Crippen LogP contribution < -0.4 is 24.8 Å². The topological polar surface area (TPSA) is 97.3 Å². The highest BCUT2D eigenvalue weighted by molar-refractivity contribution is 7.07. The van der Waals surface area contributed by atoms with Crippen LogP contribution >= 0.6 is 22.9 Å². The van der Waals surface area contributed by atoms with Gasteiger partial charge in [-0.1, -0.05) is 41.9 Å². The molecule has 1 N–H and O–H groups in total. The van der Waals surface area contributed by atoms with E-state index in [0.29, 0.717) is 38.2 Å². The van der Waals surface area contributed by atoms with E-state index >= 15 is 0 Å². The Morgan fingerprint density at radius 3 is 2.51 bits per heavy atom. The SMILES string of the molecule is COc1ccc(NC(=O)/C(C#N)=c2\s/c(=C/c3ccc(-c4cccc(Cl)c4)o3)c(=O)n2-c2ccccc2)cc1. The van der Waals surface area contributed by atoms with Crippen LogP contribution in [0, 0.1) is 11.3 Å². The third kappa shape index (κ3) is 5.55. The van der Waals surface area contributed by atoms with E-state index in [1.54, 1.807) is 86.0 Å². The number of aromatic nitrogens is 1. The molecule has 2 heterocycles. The van der Waals surface area contributed by atoms with Gasteiger partial charge >= 0.3 is 0 Å². The summed E-state index contributed by atoms with van der Waals surface area (Å²) < 4.78 is 13.0. The summed E-state index contributed by atoms with van der Waals surface area (Å²) in [5.74, 6) is 1.02. The number of thiazole rings is 1. The first kappa shape index (κ1) is 25.8. The van der Waals surface area contributed by atoms with E-state index in [9.17, 15) is 14.9 Å². The Kier molecular flexibility index (Phi) is 7.46. The maximum absolute atomic E-state index is 13.6. The van der Waals surface area contributed by atoms with Gasteiger partial charge in [0.25, 0.3) is 11.5 Å². The van der Waals surface area contributed by atoms with E-state index in [1.807, 2.05) is 24.3 Å². The number of nitrogens with one attached hydrogen (secondary N) is 1. The van der Waals surface area contributed by atoms with Gasteiger partial charge in [-0.25, -0.2) is 0 Å². The minimum Gasteiger partial charge on any atom is -0.497 e. The lowest BCUT2D eigenvalue weighted by Gasteiger charge is -2.06. The monoisotopic (exact) mass is 553 g/mol. The maximum atomic E-state index is 13.6. The van der Waals surface area contributed by atoms with Gasteiger partial charge in [-0.2, -0.15) is 5.26 Å². The normalized spacial score (nSPS) is 12.1. The van der Waals surface area contributed by atoms with Gasteiger partial charge < -0.3 is 14.5 Å². The molecule has 39 heavy (non-hydrogen) atoms. The zero-order chi connectivity index (χ0) is 27.4. The van der Waals surface area contributed by atoms with Crippen LogP contribution in [0.1, 0.15) is 5.76 Å². The molecule has 0 saturated carbocycles. The van der Waals surface area contributed by atoms with Crippen LogP contribution in [0.3, 0.4) is 0 Å². The van der Waals surface area contributed by atoms with Crippen molar-refractivity contribution in [1.82, 2.24) is 4.57 Å². The number of halogens is 1.